The Bertz CT molecular complexity index is 367. The van der Waals surface area contributed by atoms with E-state index in [-0.39, 0.29) is 34.3 Å². The Morgan fingerprint density at radius 1 is 1.21 bits per heavy atom. The van der Waals surface area contributed by atoms with E-state index in [0.717, 1.165) is 0 Å². The fourth-order valence-electron chi connectivity index (χ4n) is 1.14. The van der Waals surface area contributed by atoms with Gasteiger partial charge in [-0.2, -0.15) is 0 Å². The molecule has 0 bridgehead atoms. The number of rotatable bonds is 4. The summed E-state index contributed by atoms with van der Waals surface area (Å²) in [5.41, 5.74) is -0.996. The molecule has 1 aromatic carbocycles. The third-order valence-electron chi connectivity index (χ3n) is 1.95. The summed E-state index contributed by atoms with van der Waals surface area (Å²) in [5.74, 6) is 0.201. The van der Waals surface area contributed by atoms with Crippen LogP contribution in [0.5, 0.6) is 5.75 Å². The summed E-state index contributed by atoms with van der Waals surface area (Å²) in [4.78, 5) is 11.6. The fraction of sp³-hybridized carbons (Fsp3) is 0.417. The third kappa shape index (κ3) is 7.41. The molecule has 0 fully saturated rings. The molecule has 104 valence electrons. The second-order valence-electron chi connectivity index (χ2n) is 3.79. The Hall–Kier alpha value is -0.768. The molecule has 1 aromatic rings. The first-order valence-corrected chi connectivity index (χ1v) is 5.45. The van der Waals surface area contributed by atoms with Gasteiger partial charge in [-0.1, -0.05) is 11.6 Å². The second kappa shape index (κ2) is 10.1. The zero-order valence-electron chi connectivity index (χ0n) is 11.1. The Morgan fingerprint density at radius 2 is 1.68 bits per heavy atom. The molecule has 0 spiro atoms. The van der Waals surface area contributed by atoms with Crippen LogP contribution in [0.15, 0.2) is 24.3 Å². The van der Waals surface area contributed by atoms with E-state index in [1.807, 2.05) is 0 Å². The normalized spacial score (nSPS) is 9.26. The van der Waals surface area contributed by atoms with Gasteiger partial charge in [0.1, 0.15) is 5.75 Å². The largest absolute Gasteiger partial charge is 3.00 e. The number of carbonyl (C=O) groups is 1. The first kappa shape index (κ1) is 23.3. The fourth-order valence-corrected chi connectivity index (χ4v) is 1.27. The molecule has 0 aliphatic rings. The van der Waals surface area contributed by atoms with Gasteiger partial charge in [0.05, 0.1) is 6.61 Å². The molecule has 0 aliphatic heterocycles. The molecule has 2 N–H and O–H groups in total. The van der Waals surface area contributed by atoms with Crippen molar-refractivity contribution >= 4 is 34.9 Å². The van der Waals surface area contributed by atoms with Gasteiger partial charge >= 0.3 is 23.3 Å². The minimum Gasteiger partial charge on any atom is -0.870 e. The SMILES string of the molecule is CCOC(=O)C(C)(C)Oc1ccc(Cl)cc1.[Al+3].[OH-].[OH-]. The molecule has 5 nitrogen and oxygen atoms in total. The predicted molar refractivity (Wildman–Crippen MR) is 72.4 cm³/mol. The zero-order chi connectivity index (χ0) is 12.2. The Morgan fingerprint density at radius 3 is 2.11 bits per heavy atom. The molecule has 0 saturated carbocycles. The van der Waals surface area contributed by atoms with Crippen molar-refractivity contribution in [2.75, 3.05) is 6.61 Å². The maximum absolute atomic E-state index is 11.6. The summed E-state index contributed by atoms with van der Waals surface area (Å²) in [6.07, 6.45) is 0. The smallest absolute Gasteiger partial charge is 0.870 e. The number of hydrogen-bond acceptors (Lipinski definition) is 5. The monoisotopic (exact) mass is 303 g/mol. The Kier molecular flexibility index (Phi) is 12.4. The maximum Gasteiger partial charge on any atom is 3.00 e. The number of carbonyl (C=O) groups excluding carboxylic acids is 1. The summed E-state index contributed by atoms with van der Waals surface area (Å²) in [6.45, 7) is 5.43. The van der Waals surface area contributed by atoms with E-state index in [2.05, 4.69) is 0 Å². The van der Waals surface area contributed by atoms with Gasteiger partial charge < -0.3 is 20.4 Å². The molecule has 0 heterocycles. The summed E-state index contributed by atoms with van der Waals surface area (Å²) in [7, 11) is 0. The van der Waals surface area contributed by atoms with Crippen LogP contribution in [0.2, 0.25) is 5.02 Å². The van der Waals surface area contributed by atoms with Crippen molar-refractivity contribution in [2.45, 2.75) is 26.4 Å². The van der Waals surface area contributed by atoms with Crippen LogP contribution in [0.4, 0.5) is 0 Å². The summed E-state index contributed by atoms with van der Waals surface area (Å²) in [6, 6.07) is 6.84. The van der Waals surface area contributed by atoms with Gasteiger partial charge in [-0.15, -0.1) is 0 Å². The molecule has 1 rings (SSSR count). The standard InChI is InChI=1S/C12H15ClO3.Al.2H2O/c1-4-15-11(14)12(2,3)16-10-7-5-9(13)6-8-10;;;/h5-8H,4H2,1-3H3;;2*1H2/q;+3;;/p-2. The average Bonchev–Trinajstić information content (AvgIpc) is 2.21. The van der Waals surface area contributed by atoms with Crippen molar-refractivity contribution < 1.29 is 25.2 Å². The number of benzene rings is 1. The van der Waals surface area contributed by atoms with Gasteiger partial charge in [-0.3, -0.25) is 0 Å². The molecule has 0 unspecified atom stereocenters. The molecular weight excluding hydrogens is 287 g/mol. The van der Waals surface area contributed by atoms with Gasteiger partial charge in [-0.05, 0) is 45.0 Å². The Labute approximate surface area is 128 Å². The summed E-state index contributed by atoms with van der Waals surface area (Å²) < 4.78 is 10.5. The first-order chi connectivity index (χ1) is 7.45. The average molecular weight is 304 g/mol. The van der Waals surface area contributed by atoms with E-state index in [1.165, 1.54) is 0 Å². The van der Waals surface area contributed by atoms with Crippen LogP contribution in [-0.4, -0.2) is 46.5 Å². The van der Waals surface area contributed by atoms with Gasteiger partial charge in [0.15, 0.2) is 5.60 Å². The summed E-state index contributed by atoms with van der Waals surface area (Å²) >= 11 is 5.75. The number of esters is 1. The third-order valence-corrected chi connectivity index (χ3v) is 2.21. The summed E-state index contributed by atoms with van der Waals surface area (Å²) in [5, 5.41) is 0.626. The second-order valence-corrected chi connectivity index (χ2v) is 4.22. The minimum atomic E-state index is -0.996. The first-order valence-electron chi connectivity index (χ1n) is 5.07. The van der Waals surface area contributed by atoms with E-state index in [1.54, 1.807) is 45.0 Å². The molecule has 19 heavy (non-hydrogen) atoms. The van der Waals surface area contributed by atoms with Crippen LogP contribution in [0.1, 0.15) is 20.8 Å². The van der Waals surface area contributed by atoms with Crippen LogP contribution in [-0.2, 0) is 9.53 Å². The van der Waals surface area contributed by atoms with E-state index >= 15 is 0 Å². The van der Waals surface area contributed by atoms with Gasteiger partial charge in [0.2, 0.25) is 0 Å². The van der Waals surface area contributed by atoms with Gasteiger partial charge in [-0.25, -0.2) is 4.79 Å². The number of halogens is 1. The quantitative estimate of drug-likeness (QED) is 0.628. The van der Waals surface area contributed by atoms with Crippen LogP contribution < -0.4 is 4.74 Å². The molecule has 0 atom stereocenters. The molecule has 0 saturated heterocycles. The van der Waals surface area contributed by atoms with Crippen molar-refractivity contribution in [3.8, 4) is 5.75 Å². The topological polar surface area (TPSA) is 95.5 Å². The van der Waals surface area contributed by atoms with E-state index in [0.29, 0.717) is 17.4 Å². The Balaban J connectivity index is -0.000000853. The van der Waals surface area contributed by atoms with Crippen molar-refractivity contribution in [3.05, 3.63) is 29.3 Å². The predicted octanol–water partition coefficient (Wildman–Crippen LogP) is 2.33. The van der Waals surface area contributed by atoms with E-state index in [4.69, 9.17) is 21.1 Å². The maximum atomic E-state index is 11.6. The van der Waals surface area contributed by atoms with Crippen LogP contribution in [0, 0.1) is 0 Å². The molecule has 0 aromatic heterocycles. The van der Waals surface area contributed by atoms with Crippen molar-refractivity contribution in [2.24, 2.45) is 0 Å². The van der Waals surface area contributed by atoms with Gasteiger partial charge in [0.25, 0.3) is 0 Å². The van der Waals surface area contributed by atoms with Crippen molar-refractivity contribution in [1.29, 1.82) is 0 Å². The molecule has 7 heteroatoms. The van der Waals surface area contributed by atoms with Crippen molar-refractivity contribution in [1.82, 2.24) is 0 Å². The van der Waals surface area contributed by atoms with Crippen molar-refractivity contribution in [3.63, 3.8) is 0 Å². The van der Waals surface area contributed by atoms with Crippen LogP contribution in [0.25, 0.3) is 0 Å². The van der Waals surface area contributed by atoms with Crippen LogP contribution in [0.3, 0.4) is 0 Å². The molecule has 0 aliphatic carbocycles. The zero-order valence-corrected chi connectivity index (χ0v) is 13.0. The minimum absolute atomic E-state index is 0. The molecular formula is C12H17AlClO5+. The van der Waals surface area contributed by atoms with E-state index in [9.17, 15) is 4.79 Å². The van der Waals surface area contributed by atoms with Crippen LogP contribution >= 0.6 is 11.6 Å². The van der Waals surface area contributed by atoms with E-state index < -0.39 is 5.60 Å². The number of hydrogen-bond donors (Lipinski definition) is 0. The number of ether oxygens (including phenoxy) is 2. The molecule has 0 amide bonds. The molecule has 0 radical (unpaired) electrons. The van der Waals surface area contributed by atoms with Gasteiger partial charge in [0, 0.05) is 5.02 Å².